The minimum atomic E-state index is -0.0391. The van der Waals surface area contributed by atoms with Gasteiger partial charge in [-0.1, -0.05) is 5.16 Å². The van der Waals surface area contributed by atoms with Gasteiger partial charge in [0.2, 0.25) is 11.7 Å². The molecule has 0 aromatic carbocycles. The second-order valence-electron chi connectivity index (χ2n) is 5.50. The molecular weight excluding hydrogens is 280 g/mol. The highest BCUT2D eigenvalue weighted by Gasteiger charge is 2.27. The summed E-state index contributed by atoms with van der Waals surface area (Å²) < 4.78 is 10.8. The van der Waals surface area contributed by atoms with E-state index in [0.717, 1.165) is 38.7 Å². The number of hydrogen-bond donors (Lipinski definition) is 1. The van der Waals surface area contributed by atoms with Crippen molar-refractivity contribution in [2.75, 3.05) is 39.3 Å². The van der Waals surface area contributed by atoms with Gasteiger partial charge in [-0.15, -0.1) is 12.4 Å². The van der Waals surface area contributed by atoms with Crippen LogP contribution in [0.3, 0.4) is 0 Å². The molecule has 6 nitrogen and oxygen atoms in total. The molecule has 3 heterocycles. The number of ether oxygens (including phenoxy) is 1. The lowest BCUT2D eigenvalue weighted by molar-refractivity contribution is -0.0403. The SMILES string of the molecule is Cc1nc(C2CN(CC3CCCNC3)CCO2)no1.Cl. The Balaban J connectivity index is 0.00000147. The molecule has 2 saturated heterocycles. The van der Waals surface area contributed by atoms with Gasteiger partial charge in [0.25, 0.3) is 0 Å². The molecule has 114 valence electrons. The average molecular weight is 303 g/mol. The number of aromatic nitrogens is 2. The van der Waals surface area contributed by atoms with E-state index in [1.165, 1.54) is 19.4 Å². The van der Waals surface area contributed by atoms with Crippen molar-refractivity contribution in [3.05, 3.63) is 11.7 Å². The molecule has 0 bridgehead atoms. The summed E-state index contributed by atoms with van der Waals surface area (Å²) in [4.78, 5) is 6.74. The minimum Gasteiger partial charge on any atom is -0.367 e. The lowest BCUT2D eigenvalue weighted by Crippen LogP contribution is -2.44. The summed E-state index contributed by atoms with van der Waals surface area (Å²) in [6, 6.07) is 0. The molecule has 20 heavy (non-hydrogen) atoms. The van der Waals surface area contributed by atoms with Gasteiger partial charge in [0.05, 0.1) is 6.61 Å². The number of morpholine rings is 1. The summed E-state index contributed by atoms with van der Waals surface area (Å²) in [5.41, 5.74) is 0. The fourth-order valence-corrected chi connectivity index (χ4v) is 2.92. The van der Waals surface area contributed by atoms with Crippen LogP contribution >= 0.6 is 12.4 Å². The fraction of sp³-hybridized carbons (Fsp3) is 0.846. The Morgan fingerprint density at radius 2 is 2.35 bits per heavy atom. The predicted molar refractivity (Wildman–Crippen MR) is 77.0 cm³/mol. The average Bonchev–Trinajstić information content (AvgIpc) is 2.87. The number of hydrogen-bond acceptors (Lipinski definition) is 6. The van der Waals surface area contributed by atoms with Crippen molar-refractivity contribution in [1.29, 1.82) is 0 Å². The van der Waals surface area contributed by atoms with Gasteiger partial charge in [0.15, 0.2) is 0 Å². The molecule has 0 saturated carbocycles. The van der Waals surface area contributed by atoms with Gasteiger partial charge < -0.3 is 14.6 Å². The Morgan fingerprint density at radius 1 is 1.45 bits per heavy atom. The summed E-state index contributed by atoms with van der Waals surface area (Å²) in [6.07, 6.45) is 2.58. The first-order valence-corrected chi connectivity index (χ1v) is 7.16. The molecule has 1 aromatic heterocycles. The van der Waals surface area contributed by atoms with Gasteiger partial charge in [0, 0.05) is 26.6 Å². The van der Waals surface area contributed by atoms with Crippen LogP contribution in [0.1, 0.15) is 30.7 Å². The van der Waals surface area contributed by atoms with E-state index in [9.17, 15) is 0 Å². The van der Waals surface area contributed by atoms with Crippen molar-refractivity contribution in [1.82, 2.24) is 20.4 Å². The Kier molecular flexibility index (Phi) is 5.77. The number of nitrogens with zero attached hydrogens (tertiary/aromatic N) is 3. The van der Waals surface area contributed by atoms with E-state index >= 15 is 0 Å². The smallest absolute Gasteiger partial charge is 0.223 e. The largest absolute Gasteiger partial charge is 0.367 e. The van der Waals surface area contributed by atoms with E-state index in [4.69, 9.17) is 9.26 Å². The van der Waals surface area contributed by atoms with Crippen molar-refractivity contribution < 1.29 is 9.26 Å². The first-order valence-electron chi connectivity index (χ1n) is 7.16. The monoisotopic (exact) mass is 302 g/mol. The van der Waals surface area contributed by atoms with E-state index in [1.807, 2.05) is 6.92 Å². The zero-order chi connectivity index (χ0) is 13.1. The standard InChI is InChI=1S/C13H22N4O2.ClH/c1-10-15-13(16-19-10)12-9-17(5-6-18-12)8-11-3-2-4-14-7-11;/h11-12,14H,2-9H2,1H3;1H. The maximum atomic E-state index is 5.75. The third-order valence-electron chi connectivity index (χ3n) is 3.90. The fourth-order valence-electron chi connectivity index (χ4n) is 2.92. The molecule has 2 unspecified atom stereocenters. The second-order valence-corrected chi connectivity index (χ2v) is 5.50. The van der Waals surface area contributed by atoms with Crippen LogP contribution in [0.4, 0.5) is 0 Å². The molecule has 2 aliphatic heterocycles. The number of piperidine rings is 1. The van der Waals surface area contributed by atoms with Gasteiger partial charge in [-0.25, -0.2) is 0 Å². The van der Waals surface area contributed by atoms with Gasteiger partial charge in [-0.3, -0.25) is 4.90 Å². The Hall–Kier alpha value is -0.690. The lowest BCUT2D eigenvalue weighted by atomic mass is 9.99. The first-order chi connectivity index (χ1) is 9.31. The van der Waals surface area contributed by atoms with Crippen LogP contribution in [0.15, 0.2) is 4.52 Å². The second kappa shape index (κ2) is 7.36. The van der Waals surface area contributed by atoms with E-state index < -0.39 is 0 Å². The third kappa shape index (κ3) is 3.91. The highest BCUT2D eigenvalue weighted by Crippen LogP contribution is 2.21. The van der Waals surface area contributed by atoms with Crippen molar-refractivity contribution in [3.8, 4) is 0 Å². The Bertz CT molecular complexity index is 409. The van der Waals surface area contributed by atoms with Crippen LogP contribution in [0.25, 0.3) is 0 Å². The van der Waals surface area contributed by atoms with E-state index in [2.05, 4.69) is 20.4 Å². The molecule has 2 atom stereocenters. The molecule has 0 aliphatic carbocycles. The van der Waals surface area contributed by atoms with Gasteiger partial charge in [-0.05, 0) is 31.8 Å². The maximum Gasteiger partial charge on any atom is 0.223 e. The quantitative estimate of drug-likeness (QED) is 0.904. The van der Waals surface area contributed by atoms with Crippen molar-refractivity contribution in [2.24, 2.45) is 5.92 Å². The van der Waals surface area contributed by atoms with Crippen LogP contribution in [0.2, 0.25) is 0 Å². The molecule has 0 radical (unpaired) electrons. The molecule has 0 spiro atoms. The first kappa shape index (κ1) is 15.7. The Labute approximate surface area is 125 Å². The van der Waals surface area contributed by atoms with E-state index in [-0.39, 0.29) is 18.5 Å². The summed E-state index contributed by atoms with van der Waals surface area (Å²) in [5, 5.41) is 7.44. The van der Waals surface area contributed by atoms with Crippen LogP contribution in [0, 0.1) is 12.8 Å². The molecule has 7 heteroatoms. The number of rotatable bonds is 3. The third-order valence-corrected chi connectivity index (χ3v) is 3.90. The zero-order valence-corrected chi connectivity index (χ0v) is 12.7. The normalized spacial score (nSPS) is 28.1. The van der Waals surface area contributed by atoms with E-state index in [0.29, 0.717) is 11.7 Å². The van der Waals surface area contributed by atoms with Crippen LogP contribution in [-0.4, -0.2) is 54.4 Å². The van der Waals surface area contributed by atoms with Crippen molar-refractivity contribution >= 4 is 12.4 Å². The highest BCUT2D eigenvalue weighted by molar-refractivity contribution is 5.85. The van der Waals surface area contributed by atoms with Gasteiger partial charge >= 0.3 is 0 Å². The molecule has 1 aromatic rings. The molecule has 0 amide bonds. The van der Waals surface area contributed by atoms with Gasteiger partial charge in [0.1, 0.15) is 6.10 Å². The van der Waals surface area contributed by atoms with Crippen molar-refractivity contribution in [2.45, 2.75) is 25.9 Å². The Morgan fingerprint density at radius 3 is 3.05 bits per heavy atom. The minimum absolute atomic E-state index is 0. The lowest BCUT2D eigenvalue weighted by Gasteiger charge is -2.35. The molecule has 2 fully saturated rings. The van der Waals surface area contributed by atoms with Crippen LogP contribution in [0.5, 0.6) is 0 Å². The molecular formula is C13H23ClN4O2. The van der Waals surface area contributed by atoms with E-state index in [1.54, 1.807) is 0 Å². The zero-order valence-electron chi connectivity index (χ0n) is 11.9. The number of aryl methyl sites for hydroxylation is 1. The summed E-state index contributed by atoms with van der Waals surface area (Å²) in [7, 11) is 0. The summed E-state index contributed by atoms with van der Waals surface area (Å²) >= 11 is 0. The van der Waals surface area contributed by atoms with Crippen LogP contribution in [-0.2, 0) is 4.74 Å². The van der Waals surface area contributed by atoms with Gasteiger partial charge in [-0.2, -0.15) is 4.98 Å². The highest BCUT2D eigenvalue weighted by atomic mass is 35.5. The summed E-state index contributed by atoms with van der Waals surface area (Å²) in [6.45, 7) is 7.89. The number of halogens is 1. The predicted octanol–water partition coefficient (Wildman–Crippen LogP) is 1.17. The van der Waals surface area contributed by atoms with Crippen molar-refractivity contribution in [3.63, 3.8) is 0 Å². The molecule has 3 rings (SSSR count). The van der Waals surface area contributed by atoms with Crippen LogP contribution < -0.4 is 5.32 Å². The number of nitrogens with one attached hydrogen (secondary N) is 1. The molecule has 1 N–H and O–H groups in total. The molecule has 2 aliphatic rings. The summed E-state index contributed by atoms with van der Waals surface area (Å²) in [5.74, 6) is 2.05. The maximum absolute atomic E-state index is 5.75. The topological polar surface area (TPSA) is 63.4 Å².